The summed E-state index contributed by atoms with van der Waals surface area (Å²) >= 11 is 0. The van der Waals surface area contributed by atoms with Crippen molar-refractivity contribution in [3.63, 3.8) is 0 Å². The molecule has 0 bridgehead atoms. The summed E-state index contributed by atoms with van der Waals surface area (Å²) in [4.78, 5) is 32.3. The van der Waals surface area contributed by atoms with Crippen LogP contribution in [0.4, 0.5) is 0 Å². The Hall–Kier alpha value is -1.63. The number of hydrogen-bond acceptors (Lipinski definition) is 4. The van der Waals surface area contributed by atoms with Crippen LogP contribution < -0.4 is 10.6 Å². The van der Waals surface area contributed by atoms with E-state index in [-0.39, 0.29) is 12.5 Å². The van der Waals surface area contributed by atoms with Gasteiger partial charge in [-0.3, -0.25) is 9.59 Å². The summed E-state index contributed by atoms with van der Waals surface area (Å²) in [5.74, 6) is -2.07. The van der Waals surface area contributed by atoms with E-state index >= 15 is 0 Å². The Morgan fingerprint density at radius 3 is 2.73 bits per heavy atom. The van der Waals surface area contributed by atoms with Gasteiger partial charge in [-0.15, -0.1) is 0 Å². The number of carboxylic acid groups (broad SMARTS) is 1. The first-order chi connectivity index (χ1) is 7.00. The molecule has 0 aromatic carbocycles. The van der Waals surface area contributed by atoms with E-state index in [9.17, 15) is 14.4 Å². The lowest BCUT2D eigenvalue weighted by Gasteiger charge is -2.11. The van der Waals surface area contributed by atoms with Crippen LogP contribution in [0.3, 0.4) is 0 Å². The van der Waals surface area contributed by atoms with Crippen molar-refractivity contribution in [3.05, 3.63) is 0 Å². The van der Waals surface area contributed by atoms with Crippen LogP contribution >= 0.6 is 0 Å². The maximum absolute atomic E-state index is 11.3. The Bertz CT molecular complexity index is 291. The fourth-order valence-corrected chi connectivity index (χ4v) is 1.22. The summed E-state index contributed by atoms with van der Waals surface area (Å²) in [7, 11) is 0. The van der Waals surface area contributed by atoms with Gasteiger partial charge in [-0.1, -0.05) is 0 Å². The molecule has 4 N–H and O–H groups in total. The SMILES string of the molecule is O=C1CCC(C(=O)NCC(O)C(=O)O)N1. The van der Waals surface area contributed by atoms with Gasteiger partial charge in [-0.2, -0.15) is 0 Å². The predicted octanol–water partition coefficient (Wildman–Crippen LogP) is -2.17. The fourth-order valence-electron chi connectivity index (χ4n) is 1.22. The van der Waals surface area contributed by atoms with Gasteiger partial charge in [0.05, 0.1) is 6.54 Å². The molecule has 15 heavy (non-hydrogen) atoms. The van der Waals surface area contributed by atoms with E-state index in [1.807, 2.05) is 0 Å². The van der Waals surface area contributed by atoms with Crippen LogP contribution in [0.15, 0.2) is 0 Å². The molecule has 7 nitrogen and oxygen atoms in total. The van der Waals surface area contributed by atoms with Crippen molar-refractivity contribution in [2.24, 2.45) is 0 Å². The van der Waals surface area contributed by atoms with Crippen LogP contribution in [-0.2, 0) is 14.4 Å². The minimum atomic E-state index is -1.62. The summed E-state index contributed by atoms with van der Waals surface area (Å²) in [5.41, 5.74) is 0. The molecule has 1 saturated heterocycles. The Kier molecular flexibility index (Phi) is 3.62. The van der Waals surface area contributed by atoms with Crippen molar-refractivity contribution < 1.29 is 24.6 Å². The number of rotatable bonds is 4. The lowest BCUT2D eigenvalue weighted by molar-refractivity contribution is -0.146. The summed E-state index contributed by atoms with van der Waals surface area (Å²) in [6, 6.07) is -0.613. The highest BCUT2D eigenvalue weighted by molar-refractivity contribution is 5.91. The third kappa shape index (κ3) is 3.21. The molecule has 2 unspecified atom stereocenters. The van der Waals surface area contributed by atoms with Crippen LogP contribution in [0.25, 0.3) is 0 Å². The normalized spacial score (nSPS) is 21.9. The number of aliphatic hydroxyl groups is 1. The van der Waals surface area contributed by atoms with Gasteiger partial charge in [0.25, 0.3) is 0 Å². The van der Waals surface area contributed by atoms with Crippen LogP contribution in [-0.4, -0.2) is 46.7 Å². The van der Waals surface area contributed by atoms with Crippen LogP contribution in [0.1, 0.15) is 12.8 Å². The van der Waals surface area contributed by atoms with Gasteiger partial charge in [-0.05, 0) is 6.42 Å². The van der Waals surface area contributed by atoms with Crippen LogP contribution in [0, 0.1) is 0 Å². The molecule has 7 heteroatoms. The van der Waals surface area contributed by atoms with Gasteiger partial charge in [-0.25, -0.2) is 4.79 Å². The highest BCUT2D eigenvalue weighted by atomic mass is 16.4. The number of carbonyl (C=O) groups is 3. The van der Waals surface area contributed by atoms with Crippen molar-refractivity contribution >= 4 is 17.8 Å². The molecule has 1 heterocycles. The molecule has 0 aliphatic carbocycles. The monoisotopic (exact) mass is 216 g/mol. The summed E-state index contributed by atoms with van der Waals surface area (Å²) in [6.45, 7) is -0.361. The Balaban J connectivity index is 2.30. The highest BCUT2D eigenvalue weighted by Gasteiger charge is 2.27. The van der Waals surface area contributed by atoms with E-state index in [1.54, 1.807) is 0 Å². The molecule has 0 aromatic heterocycles. The lowest BCUT2D eigenvalue weighted by atomic mass is 10.2. The maximum Gasteiger partial charge on any atom is 0.334 e. The predicted molar refractivity (Wildman–Crippen MR) is 47.8 cm³/mol. The largest absolute Gasteiger partial charge is 0.479 e. The number of nitrogens with one attached hydrogen (secondary N) is 2. The maximum atomic E-state index is 11.3. The zero-order chi connectivity index (χ0) is 11.4. The van der Waals surface area contributed by atoms with Crippen molar-refractivity contribution in [1.29, 1.82) is 0 Å². The second-order valence-corrected chi connectivity index (χ2v) is 3.26. The van der Waals surface area contributed by atoms with E-state index < -0.39 is 24.0 Å². The highest BCUT2D eigenvalue weighted by Crippen LogP contribution is 2.05. The van der Waals surface area contributed by atoms with E-state index in [4.69, 9.17) is 10.2 Å². The van der Waals surface area contributed by atoms with E-state index in [0.29, 0.717) is 12.8 Å². The standard InChI is InChI=1S/C8H12N2O5/c11-5(8(14)15)3-9-7(13)4-1-2-6(12)10-4/h4-5,11H,1-3H2,(H,9,13)(H,10,12)(H,14,15). The molecular weight excluding hydrogens is 204 g/mol. The number of hydrogen-bond donors (Lipinski definition) is 4. The second kappa shape index (κ2) is 4.74. The van der Waals surface area contributed by atoms with Gasteiger partial charge in [0.1, 0.15) is 6.04 Å². The number of aliphatic carboxylic acids is 1. The van der Waals surface area contributed by atoms with Gasteiger partial charge in [0.2, 0.25) is 11.8 Å². The van der Waals surface area contributed by atoms with Gasteiger partial charge < -0.3 is 20.8 Å². The molecule has 0 spiro atoms. The van der Waals surface area contributed by atoms with E-state index in [0.717, 1.165) is 0 Å². The van der Waals surface area contributed by atoms with Crippen molar-refractivity contribution in [2.75, 3.05) is 6.54 Å². The van der Waals surface area contributed by atoms with Crippen molar-refractivity contribution in [3.8, 4) is 0 Å². The summed E-state index contributed by atoms with van der Waals surface area (Å²) < 4.78 is 0. The molecular formula is C8H12N2O5. The molecule has 2 amide bonds. The van der Waals surface area contributed by atoms with Gasteiger partial charge >= 0.3 is 5.97 Å². The summed E-state index contributed by atoms with van der Waals surface area (Å²) in [6.07, 6.45) is -0.931. The molecule has 0 saturated carbocycles. The Morgan fingerprint density at radius 2 is 2.27 bits per heavy atom. The van der Waals surface area contributed by atoms with E-state index in [1.165, 1.54) is 0 Å². The number of carboxylic acids is 1. The van der Waals surface area contributed by atoms with Crippen molar-refractivity contribution in [1.82, 2.24) is 10.6 Å². The number of amides is 2. The molecule has 2 atom stereocenters. The zero-order valence-electron chi connectivity index (χ0n) is 7.90. The second-order valence-electron chi connectivity index (χ2n) is 3.26. The van der Waals surface area contributed by atoms with Gasteiger partial charge in [0, 0.05) is 6.42 Å². The third-order valence-electron chi connectivity index (χ3n) is 2.07. The first-order valence-electron chi connectivity index (χ1n) is 4.48. The smallest absolute Gasteiger partial charge is 0.334 e. The zero-order valence-corrected chi connectivity index (χ0v) is 7.90. The van der Waals surface area contributed by atoms with Crippen molar-refractivity contribution in [2.45, 2.75) is 25.0 Å². The Labute approximate surface area is 85.5 Å². The average Bonchev–Trinajstić information content (AvgIpc) is 2.60. The topological polar surface area (TPSA) is 116 Å². The molecule has 1 fully saturated rings. The average molecular weight is 216 g/mol. The van der Waals surface area contributed by atoms with Gasteiger partial charge in [0.15, 0.2) is 6.10 Å². The lowest BCUT2D eigenvalue weighted by Crippen LogP contribution is -2.45. The first kappa shape index (κ1) is 11.4. The van der Waals surface area contributed by atoms with E-state index in [2.05, 4.69) is 10.6 Å². The first-order valence-corrected chi connectivity index (χ1v) is 4.48. The minimum absolute atomic E-state index is 0.200. The van der Waals surface area contributed by atoms with Crippen LogP contribution in [0.5, 0.6) is 0 Å². The molecule has 0 radical (unpaired) electrons. The third-order valence-corrected chi connectivity index (χ3v) is 2.07. The quantitative estimate of drug-likeness (QED) is 0.426. The minimum Gasteiger partial charge on any atom is -0.479 e. The molecule has 1 rings (SSSR count). The number of carbonyl (C=O) groups excluding carboxylic acids is 2. The Morgan fingerprint density at radius 1 is 1.60 bits per heavy atom. The van der Waals surface area contributed by atoms with Crippen LogP contribution in [0.2, 0.25) is 0 Å². The number of aliphatic hydroxyl groups excluding tert-OH is 1. The molecule has 84 valence electrons. The molecule has 0 aromatic rings. The summed E-state index contributed by atoms with van der Waals surface area (Å²) in [5, 5.41) is 21.9. The molecule has 1 aliphatic rings. The molecule has 1 aliphatic heterocycles. The fraction of sp³-hybridized carbons (Fsp3) is 0.625.